The number of carbonyl (C=O) groups is 1. The summed E-state index contributed by atoms with van der Waals surface area (Å²) < 4.78 is 0. The van der Waals surface area contributed by atoms with Crippen molar-refractivity contribution in [2.75, 3.05) is 18.5 Å². The molecular weight excluding hydrogens is 366 g/mol. The first kappa shape index (κ1) is 21.1. The minimum absolute atomic E-state index is 0.0304. The monoisotopic (exact) mass is 397 g/mol. The summed E-state index contributed by atoms with van der Waals surface area (Å²) in [6.07, 6.45) is 4.77. The Bertz CT molecular complexity index is 812. The van der Waals surface area contributed by atoms with Crippen molar-refractivity contribution >= 4 is 11.6 Å². The van der Waals surface area contributed by atoms with Gasteiger partial charge in [0, 0.05) is 31.4 Å². The molecule has 5 N–H and O–H groups in total. The summed E-state index contributed by atoms with van der Waals surface area (Å²) in [6.45, 7) is 0.396. The fourth-order valence-corrected chi connectivity index (χ4v) is 4.10. The standard InChI is InChI=1S/C23H31N3O3/c1-26(18-7-3-2-4-8-18)19-9-5-6-17(11-12-19)25-15-22(28)16-10-13-21(27)20(14-16)23(24)29/h2-4,7-8,10,13-14,17,19,22,25,27-28H,5-6,9,11-12,15H2,1H3,(H2,24,29)/t17-,19+,22?/m0/s1. The minimum Gasteiger partial charge on any atom is -0.507 e. The lowest BCUT2D eigenvalue weighted by Crippen LogP contribution is -2.34. The Labute approximate surface area is 172 Å². The third kappa shape index (κ3) is 5.49. The van der Waals surface area contributed by atoms with Gasteiger partial charge in [-0.3, -0.25) is 4.79 Å². The molecule has 3 atom stereocenters. The van der Waals surface area contributed by atoms with Crippen molar-refractivity contribution in [1.82, 2.24) is 5.32 Å². The van der Waals surface area contributed by atoms with E-state index in [4.69, 9.17) is 5.73 Å². The van der Waals surface area contributed by atoms with E-state index in [2.05, 4.69) is 41.5 Å². The maximum absolute atomic E-state index is 11.4. The van der Waals surface area contributed by atoms with Gasteiger partial charge in [-0.05, 0) is 61.9 Å². The molecule has 1 aliphatic carbocycles. The highest BCUT2D eigenvalue weighted by Gasteiger charge is 2.23. The number of aliphatic hydroxyl groups excluding tert-OH is 1. The molecule has 0 aromatic heterocycles. The molecule has 156 valence electrons. The minimum atomic E-state index is -0.764. The van der Waals surface area contributed by atoms with Gasteiger partial charge in [-0.1, -0.05) is 24.3 Å². The number of aromatic hydroxyl groups is 1. The molecule has 0 radical (unpaired) electrons. The third-order valence-corrected chi connectivity index (χ3v) is 5.92. The fourth-order valence-electron chi connectivity index (χ4n) is 4.10. The number of hydrogen-bond acceptors (Lipinski definition) is 5. The molecule has 0 bridgehead atoms. The molecule has 1 aliphatic rings. The van der Waals surface area contributed by atoms with E-state index < -0.39 is 12.0 Å². The lowest BCUT2D eigenvalue weighted by molar-refractivity contribution is 0.0997. The zero-order chi connectivity index (χ0) is 20.8. The van der Waals surface area contributed by atoms with Gasteiger partial charge in [-0.15, -0.1) is 0 Å². The maximum atomic E-state index is 11.4. The number of primary amides is 1. The van der Waals surface area contributed by atoms with E-state index in [0.717, 1.165) is 32.1 Å². The lowest BCUT2D eigenvalue weighted by atomic mass is 10.0. The largest absolute Gasteiger partial charge is 0.507 e. The molecule has 3 rings (SSSR count). The Morgan fingerprint density at radius 2 is 1.93 bits per heavy atom. The predicted molar refractivity (Wildman–Crippen MR) is 115 cm³/mol. The van der Waals surface area contributed by atoms with Crippen LogP contribution in [-0.4, -0.2) is 41.8 Å². The Balaban J connectivity index is 1.53. The summed E-state index contributed by atoms with van der Waals surface area (Å²) in [5.41, 5.74) is 7.12. The van der Waals surface area contributed by atoms with Gasteiger partial charge in [0.05, 0.1) is 11.7 Å². The fraction of sp³-hybridized carbons (Fsp3) is 0.435. The quantitative estimate of drug-likeness (QED) is 0.539. The summed E-state index contributed by atoms with van der Waals surface area (Å²) >= 11 is 0. The molecule has 1 unspecified atom stereocenters. The molecular formula is C23H31N3O3. The average molecular weight is 398 g/mol. The van der Waals surface area contributed by atoms with Crippen LogP contribution in [-0.2, 0) is 0 Å². The number of benzene rings is 2. The van der Waals surface area contributed by atoms with Crippen molar-refractivity contribution in [2.24, 2.45) is 5.73 Å². The second-order valence-electron chi connectivity index (χ2n) is 7.87. The summed E-state index contributed by atoms with van der Waals surface area (Å²) in [4.78, 5) is 13.8. The second kappa shape index (κ2) is 9.76. The molecule has 0 saturated heterocycles. The number of aliphatic hydroxyl groups is 1. The molecule has 1 fully saturated rings. The summed E-state index contributed by atoms with van der Waals surface area (Å²) in [7, 11) is 2.17. The number of carbonyl (C=O) groups excluding carboxylic acids is 1. The van der Waals surface area contributed by atoms with E-state index in [-0.39, 0.29) is 11.3 Å². The second-order valence-corrected chi connectivity index (χ2v) is 7.87. The van der Waals surface area contributed by atoms with Crippen LogP contribution in [0.3, 0.4) is 0 Å². The first-order chi connectivity index (χ1) is 14.0. The van der Waals surface area contributed by atoms with E-state index >= 15 is 0 Å². The van der Waals surface area contributed by atoms with Crippen molar-refractivity contribution in [2.45, 2.75) is 50.3 Å². The van der Waals surface area contributed by atoms with Crippen molar-refractivity contribution in [3.63, 3.8) is 0 Å². The number of nitrogens with one attached hydrogen (secondary N) is 1. The van der Waals surface area contributed by atoms with Crippen molar-refractivity contribution < 1.29 is 15.0 Å². The van der Waals surface area contributed by atoms with Crippen LogP contribution >= 0.6 is 0 Å². The van der Waals surface area contributed by atoms with E-state index in [1.165, 1.54) is 17.8 Å². The topological polar surface area (TPSA) is 98.8 Å². The number of rotatable bonds is 7. The molecule has 2 aromatic carbocycles. The number of phenols is 1. The SMILES string of the molecule is CN(c1ccccc1)[C@@H]1CCC[C@H](NCC(O)c2ccc(O)c(C(N)=O)c2)CC1. The lowest BCUT2D eigenvalue weighted by Gasteiger charge is -2.29. The molecule has 2 aromatic rings. The van der Waals surface area contributed by atoms with Crippen molar-refractivity contribution in [3.8, 4) is 5.75 Å². The predicted octanol–water partition coefficient (Wildman–Crippen LogP) is 2.95. The molecule has 1 saturated carbocycles. The number of para-hydroxylation sites is 1. The molecule has 6 heteroatoms. The average Bonchev–Trinajstić information content (AvgIpc) is 2.98. The summed E-state index contributed by atoms with van der Waals surface area (Å²) in [6, 6.07) is 15.8. The van der Waals surface area contributed by atoms with Crippen LogP contribution in [0.1, 0.15) is 54.1 Å². The number of nitrogens with zero attached hydrogens (tertiary/aromatic N) is 1. The molecule has 0 heterocycles. The highest BCUT2D eigenvalue weighted by Crippen LogP contribution is 2.26. The van der Waals surface area contributed by atoms with E-state index in [0.29, 0.717) is 24.2 Å². The highest BCUT2D eigenvalue weighted by molar-refractivity contribution is 5.95. The van der Waals surface area contributed by atoms with Crippen LogP contribution in [0.5, 0.6) is 5.75 Å². The summed E-state index contributed by atoms with van der Waals surface area (Å²) in [5.74, 6) is -0.874. The summed E-state index contributed by atoms with van der Waals surface area (Å²) in [5, 5.41) is 23.7. The van der Waals surface area contributed by atoms with Crippen LogP contribution in [0, 0.1) is 0 Å². The van der Waals surface area contributed by atoms with Gasteiger partial charge in [0.2, 0.25) is 0 Å². The van der Waals surface area contributed by atoms with Gasteiger partial charge in [0.1, 0.15) is 5.75 Å². The van der Waals surface area contributed by atoms with Crippen LogP contribution < -0.4 is 16.0 Å². The van der Waals surface area contributed by atoms with Crippen molar-refractivity contribution in [1.29, 1.82) is 0 Å². The Kier molecular flexibility index (Phi) is 7.12. The van der Waals surface area contributed by atoms with Gasteiger partial charge >= 0.3 is 0 Å². The van der Waals surface area contributed by atoms with Crippen molar-refractivity contribution in [3.05, 3.63) is 59.7 Å². The first-order valence-corrected chi connectivity index (χ1v) is 10.3. The van der Waals surface area contributed by atoms with Gasteiger partial charge in [0.25, 0.3) is 5.91 Å². The van der Waals surface area contributed by atoms with Gasteiger partial charge in [0.15, 0.2) is 0 Å². The van der Waals surface area contributed by atoms with Crippen LogP contribution in [0.15, 0.2) is 48.5 Å². The Morgan fingerprint density at radius 1 is 1.17 bits per heavy atom. The normalized spacial score (nSPS) is 20.6. The van der Waals surface area contributed by atoms with Crippen LogP contribution in [0.4, 0.5) is 5.69 Å². The number of hydrogen-bond donors (Lipinski definition) is 4. The van der Waals surface area contributed by atoms with E-state index in [1.807, 2.05) is 6.07 Å². The third-order valence-electron chi connectivity index (χ3n) is 5.92. The zero-order valence-electron chi connectivity index (χ0n) is 16.9. The highest BCUT2D eigenvalue weighted by atomic mass is 16.3. The molecule has 0 aliphatic heterocycles. The molecule has 0 spiro atoms. The first-order valence-electron chi connectivity index (χ1n) is 10.3. The van der Waals surface area contributed by atoms with E-state index in [1.54, 1.807) is 6.07 Å². The zero-order valence-corrected chi connectivity index (χ0v) is 16.9. The van der Waals surface area contributed by atoms with Crippen LogP contribution in [0.25, 0.3) is 0 Å². The Hall–Kier alpha value is -2.57. The Morgan fingerprint density at radius 3 is 2.66 bits per heavy atom. The maximum Gasteiger partial charge on any atom is 0.252 e. The number of amides is 1. The molecule has 6 nitrogen and oxygen atoms in total. The van der Waals surface area contributed by atoms with Gasteiger partial charge in [-0.2, -0.15) is 0 Å². The number of anilines is 1. The van der Waals surface area contributed by atoms with E-state index in [9.17, 15) is 15.0 Å². The molecule has 29 heavy (non-hydrogen) atoms. The smallest absolute Gasteiger partial charge is 0.252 e. The van der Waals surface area contributed by atoms with Gasteiger partial charge in [-0.25, -0.2) is 0 Å². The molecule has 1 amide bonds. The number of nitrogens with two attached hydrogens (primary N) is 1. The van der Waals surface area contributed by atoms with Gasteiger partial charge < -0.3 is 26.2 Å². The van der Waals surface area contributed by atoms with Crippen LogP contribution in [0.2, 0.25) is 0 Å².